The van der Waals surface area contributed by atoms with Crippen LogP contribution in [-0.4, -0.2) is 33.5 Å². The number of carboxylic acid groups (broad SMARTS) is 1. The summed E-state index contributed by atoms with van der Waals surface area (Å²) in [5.41, 5.74) is 0.253. The standard InChI is InChI=1S/C14H21NO5/c1-7-11(13(17)18)15-20-12(7)9-5-8(16)6-10(19-9)14(2,3)4/h8-10,16H,5-6H2,1-4H3,(H,17,18)/t8-,9-,10+/m0/s1. The number of aliphatic hydroxyl groups is 1. The van der Waals surface area contributed by atoms with Crippen molar-refractivity contribution in [3.8, 4) is 0 Å². The lowest BCUT2D eigenvalue weighted by Crippen LogP contribution is -2.39. The van der Waals surface area contributed by atoms with Crippen LogP contribution in [0.4, 0.5) is 0 Å². The number of carboxylic acids is 1. The topological polar surface area (TPSA) is 92.8 Å². The van der Waals surface area contributed by atoms with Crippen molar-refractivity contribution in [2.24, 2.45) is 5.41 Å². The van der Waals surface area contributed by atoms with E-state index in [-0.39, 0.29) is 17.2 Å². The van der Waals surface area contributed by atoms with E-state index in [1.54, 1.807) is 6.92 Å². The molecule has 0 unspecified atom stereocenters. The van der Waals surface area contributed by atoms with E-state index in [1.807, 2.05) is 20.8 Å². The number of ether oxygens (including phenoxy) is 1. The summed E-state index contributed by atoms with van der Waals surface area (Å²) in [5, 5.41) is 22.6. The Morgan fingerprint density at radius 3 is 2.50 bits per heavy atom. The van der Waals surface area contributed by atoms with Gasteiger partial charge in [0.2, 0.25) is 0 Å². The number of hydrogen-bond donors (Lipinski definition) is 2. The molecule has 6 heteroatoms. The Hall–Kier alpha value is -1.40. The molecule has 1 saturated heterocycles. The largest absolute Gasteiger partial charge is 0.476 e. The van der Waals surface area contributed by atoms with Gasteiger partial charge in [0.1, 0.15) is 6.10 Å². The van der Waals surface area contributed by atoms with E-state index < -0.39 is 18.2 Å². The maximum atomic E-state index is 11.0. The predicted molar refractivity (Wildman–Crippen MR) is 70.5 cm³/mol. The fraction of sp³-hybridized carbons (Fsp3) is 0.714. The van der Waals surface area contributed by atoms with Crippen molar-refractivity contribution in [3.63, 3.8) is 0 Å². The highest BCUT2D eigenvalue weighted by Gasteiger charge is 2.38. The van der Waals surface area contributed by atoms with Crippen molar-refractivity contribution in [2.45, 2.75) is 58.8 Å². The maximum absolute atomic E-state index is 11.0. The Balaban J connectivity index is 2.26. The third-order valence-corrected chi connectivity index (χ3v) is 3.72. The molecular formula is C14H21NO5. The van der Waals surface area contributed by atoms with Crippen LogP contribution in [-0.2, 0) is 4.74 Å². The molecule has 2 N–H and O–H groups in total. The van der Waals surface area contributed by atoms with E-state index in [0.717, 1.165) is 0 Å². The molecule has 6 nitrogen and oxygen atoms in total. The molecule has 3 atom stereocenters. The van der Waals surface area contributed by atoms with Crippen molar-refractivity contribution < 1.29 is 24.3 Å². The molecule has 0 aliphatic carbocycles. The Kier molecular flexibility index (Phi) is 3.88. The Bertz CT molecular complexity index is 502. The second-order valence-corrected chi connectivity index (χ2v) is 6.43. The number of aromatic nitrogens is 1. The number of aliphatic hydroxyl groups excluding tert-OH is 1. The lowest BCUT2D eigenvalue weighted by Gasteiger charge is -2.39. The molecule has 0 radical (unpaired) electrons. The summed E-state index contributed by atoms with van der Waals surface area (Å²) in [6.07, 6.45) is -0.103. The SMILES string of the molecule is Cc1c(C(=O)O)noc1[C@@H]1C[C@H](O)C[C@H](C(C)(C)C)O1. The molecule has 0 saturated carbocycles. The van der Waals surface area contributed by atoms with Crippen LogP contribution in [0.5, 0.6) is 0 Å². The molecule has 0 amide bonds. The Morgan fingerprint density at radius 2 is 2.00 bits per heavy atom. The molecule has 2 heterocycles. The first-order valence-electron chi connectivity index (χ1n) is 6.73. The van der Waals surface area contributed by atoms with Crippen molar-refractivity contribution in [1.82, 2.24) is 5.16 Å². The third kappa shape index (κ3) is 2.86. The minimum absolute atomic E-state index is 0.101. The maximum Gasteiger partial charge on any atom is 0.358 e. The summed E-state index contributed by atoms with van der Waals surface area (Å²) in [6.45, 7) is 7.78. The van der Waals surface area contributed by atoms with Gasteiger partial charge in [0.05, 0.1) is 12.2 Å². The zero-order chi connectivity index (χ0) is 15.1. The summed E-state index contributed by atoms with van der Waals surface area (Å²) in [7, 11) is 0. The number of aromatic carboxylic acids is 1. The highest BCUT2D eigenvalue weighted by Crippen LogP contribution is 2.39. The van der Waals surface area contributed by atoms with E-state index in [1.165, 1.54) is 0 Å². The first kappa shape index (κ1) is 15.0. The number of nitrogens with zero attached hydrogens (tertiary/aromatic N) is 1. The van der Waals surface area contributed by atoms with Crippen LogP contribution in [0.3, 0.4) is 0 Å². The van der Waals surface area contributed by atoms with E-state index in [0.29, 0.717) is 24.2 Å². The molecule has 1 aromatic rings. The molecule has 1 aromatic heterocycles. The van der Waals surface area contributed by atoms with Crippen LogP contribution in [0.25, 0.3) is 0 Å². The lowest BCUT2D eigenvalue weighted by molar-refractivity contribution is -0.143. The molecule has 2 rings (SSSR count). The first-order chi connectivity index (χ1) is 9.20. The van der Waals surface area contributed by atoms with E-state index >= 15 is 0 Å². The van der Waals surface area contributed by atoms with Crippen LogP contribution in [0.1, 0.15) is 61.5 Å². The Morgan fingerprint density at radius 1 is 1.35 bits per heavy atom. The van der Waals surface area contributed by atoms with Crippen molar-refractivity contribution in [1.29, 1.82) is 0 Å². The highest BCUT2D eigenvalue weighted by molar-refractivity contribution is 5.87. The summed E-state index contributed by atoms with van der Waals surface area (Å²) in [5.74, 6) is -0.725. The quantitative estimate of drug-likeness (QED) is 0.865. The van der Waals surface area contributed by atoms with Gasteiger partial charge in [0.25, 0.3) is 0 Å². The van der Waals surface area contributed by atoms with Gasteiger partial charge in [-0.1, -0.05) is 25.9 Å². The highest BCUT2D eigenvalue weighted by atomic mass is 16.5. The minimum Gasteiger partial charge on any atom is -0.476 e. The molecule has 0 bridgehead atoms. The van der Waals surface area contributed by atoms with Gasteiger partial charge in [-0.2, -0.15) is 0 Å². The second kappa shape index (κ2) is 5.18. The average Bonchev–Trinajstić information content (AvgIpc) is 2.69. The minimum atomic E-state index is -1.12. The zero-order valence-corrected chi connectivity index (χ0v) is 12.2. The van der Waals surface area contributed by atoms with E-state index in [2.05, 4.69) is 5.16 Å². The van der Waals surface area contributed by atoms with Crippen molar-refractivity contribution in [3.05, 3.63) is 17.0 Å². The van der Waals surface area contributed by atoms with Crippen molar-refractivity contribution >= 4 is 5.97 Å². The zero-order valence-electron chi connectivity index (χ0n) is 12.2. The lowest BCUT2D eigenvalue weighted by atomic mass is 9.82. The van der Waals surface area contributed by atoms with Gasteiger partial charge in [-0.05, 0) is 12.3 Å². The van der Waals surface area contributed by atoms with Gasteiger partial charge in [-0.3, -0.25) is 0 Å². The monoisotopic (exact) mass is 283 g/mol. The van der Waals surface area contributed by atoms with E-state index in [4.69, 9.17) is 14.4 Å². The van der Waals surface area contributed by atoms with Crippen LogP contribution in [0.2, 0.25) is 0 Å². The fourth-order valence-electron chi connectivity index (χ4n) is 2.47. The molecule has 1 aliphatic rings. The van der Waals surface area contributed by atoms with Crippen LogP contribution in [0, 0.1) is 12.3 Å². The van der Waals surface area contributed by atoms with Gasteiger partial charge in [0, 0.05) is 18.4 Å². The smallest absolute Gasteiger partial charge is 0.358 e. The molecular weight excluding hydrogens is 262 g/mol. The summed E-state index contributed by atoms with van der Waals surface area (Å²) >= 11 is 0. The number of hydrogen-bond acceptors (Lipinski definition) is 5. The normalized spacial score (nSPS) is 27.6. The number of rotatable bonds is 2. The van der Waals surface area contributed by atoms with Gasteiger partial charge in [0.15, 0.2) is 11.5 Å². The van der Waals surface area contributed by atoms with Crippen LogP contribution in [0.15, 0.2) is 4.52 Å². The first-order valence-corrected chi connectivity index (χ1v) is 6.73. The summed E-state index contributed by atoms with van der Waals surface area (Å²) < 4.78 is 11.1. The molecule has 1 fully saturated rings. The molecule has 1 aliphatic heterocycles. The van der Waals surface area contributed by atoms with Crippen molar-refractivity contribution in [2.75, 3.05) is 0 Å². The van der Waals surface area contributed by atoms with E-state index in [9.17, 15) is 9.90 Å². The fourth-order valence-corrected chi connectivity index (χ4v) is 2.47. The van der Waals surface area contributed by atoms with Gasteiger partial charge in [-0.15, -0.1) is 0 Å². The summed E-state index contributed by atoms with van der Waals surface area (Å²) in [4.78, 5) is 11.0. The van der Waals surface area contributed by atoms with Crippen LogP contribution < -0.4 is 0 Å². The molecule has 112 valence electrons. The molecule has 0 spiro atoms. The summed E-state index contributed by atoms with van der Waals surface area (Å²) in [6, 6.07) is 0. The third-order valence-electron chi connectivity index (χ3n) is 3.72. The van der Waals surface area contributed by atoms with Gasteiger partial charge < -0.3 is 19.5 Å². The molecule has 0 aromatic carbocycles. The van der Waals surface area contributed by atoms with Gasteiger partial charge >= 0.3 is 5.97 Å². The van der Waals surface area contributed by atoms with Gasteiger partial charge in [-0.25, -0.2) is 4.79 Å². The molecule has 20 heavy (non-hydrogen) atoms. The van der Waals surface area contributed by atoms with Crippen LogP contribution >= 0.6 is 0 Å². The predicted octanol–water partition coefficient (Wildman–Crippen LogP) is 2.31. The number of carbonyl (C=O) groups is 1. The second-order valence-electron chi connectivity index (χ2n) is 6.43. The average molecular weight is 283 g/mol. The Labute approximate surface area is 117 Å².